The second-order valence-corrected chi connectivity index (χ2v) is 4.01. The number of halogens is 2. The molecular weight excluding hydrogens is 243 g/mol. The van der Waals surface area contributed by atoms with Gasteiger partial charge in [-0.25, -0.2) is 9.18 Å². The van der Waals surface area contributed by atoms with Gasteiger partial charge in [0.1, 0.15) is 5.82 Å². The van der Waals surface area contributed by atoms with E-state index in [0.717, 1.165) is 5.57 Å². The van der Waals surface area contributed by atoms with Crippen molar-refractivity contribution in [3.8, 4) is 0 Å². The molecule has 1 aromatic rings. The Morgan fingerprint density at radius 3 is 2.59 bits per heavy atom. The molecule has 0 atom stereocenters. The smallest absolute Gasteiger partial charge is 0.333 e. The van der Waals surface area contributed by atoms with Gasteiger partial charge in [-0.1, -0.05) is 17.7 Å². The quantitative estimate of drug-likeness (QED) is 0.607. The van der Waals surface area contributed by atoms with Gasteiger partial charge in [-0.3, -0.25) is 0 Å². The molecule has 0 bridgehead atoms. The molecule has 17 heavy (non-hydrogen) atoms. The highest BCUT2D eigenvalue weighted by Gasteiger charge is 2.11. The van der Waals surface area contributed by atoms with Gasteiger partial charge < -0.3 is 4.74 Å². The summed E-state index contributed by atoms with van der Waals surface area (Å²) in [6.07, 6.45) is 0. The van der Waals surface area contributed by atoms with Crippen molar-refractivity contribution in [3.05, 3.63) is 40.2 Å². The first kappa shape index (κ1) is 13.7. The van der Waals surface area contributed by atoms with Gasteiger partial charge in [0.15, 0.2) is 0 Å². The Balaban J connectivity index is 3.09. The number of carbonyl (C=O) groups excluding carboxylic acids is 1. The summed E-state index contributed by atoms with van der Waals surface area (Å²) in [7, 11) is 0. The minimum absolute atomic E-state index is 0.0403. The summed E-state index contributed by atoms with van der Waals surface area (Å²) in [6, 6.07) is 4.35. The van der Waals surface area contributed by atoms with Crippen LogP contribution >= 0.6 is 11.6 Å². The summed E-state index contributed by atoms with van der Waals surface area (Å²) >= 11 is 5.69. The van der Waals surface area contributed by atoms with Crippen molar-refractivity contribution in [1.29, 1.82) is 0 Å². The average molecular weight is 257 g/mol. The van der Waals surface area contributed by atoms with Crippen molar-refractivity contribution in [2.45, 2.75) is 20.8 Å². The highest BCUT2D eigenvalue weighted by atomic mass is 35.5. The van der Waals surface area contributed by atoms with Crippen molar-refractivity contribution in [3.63, 3.8) is 0 Å². The van der Waals surface area contributed by atoms with Crippen molar-refractivity contribution < 1.29 is 13.9 Å². The third-order valence-electron chi connectivity index (χ3n) is 2.50. The number of carbonyl (C=O) groups is 1. The van der Waals surface area contributed by atoms with E-state index in [2.05, 4.69) is 0 Å². The molecule has 0 radical (unpaired) electrons. The Kier molecular flexibility index (Phi) is 4.70. The summed E-state index contributed by atoms with van der Waals surface area (Å²) in [6.45, 7) is 5.52. The molecule has 0 heterocycles. The zero-order valence-electron chi connectivity index (χ0n) is 10.0. The van der Waals surface area contributed by atoms with Crippen molar-refractivity contribution >= 4 is 23.1 Å². The standard InChI is InChI=1S/C13H14ClFO2/c1-4-17-13(16)9(3)8(2)10-5-6-12(15)11(14)7-10/h5-7H,4H2,1-3H3/b9-8-. The zero-order valence-corrected chi connectivity index (χ0v) is 10.8. The minimum atomic E-state index is -0.475. The van der Waals surface area contributed by atoms with Crippen LogP contribution in [0.25, 0.3) is 5.57 Å². The molecule has 0 unspecified atom stereocenters. The van der Waals surface area contributed by atoms with Crippen LogP contribution in [0.2, 0.25) is 5.02 Å². The maximum absolute atomic E-state index is 13.0. The van der Waals surface area contributed by atoms with Crippen LogP contribution in [-0.4, -0.2) is 12.6 Å². The van der Waals surface area contributed by atoms with Crippen LogP contribution in [0, 0.1) is 5.82 Å². The minimum Gasteiger partial charge on any atom is -0.463 e. The first-order chi connectivity index (χ1) is 7.97. The monoisotopic (exact) mass is 256 g/mol. The number of benzene rings is 1. The van der Waals surface area contributed by atoms with Crippen LogP contribution < -0.4 is 0 Å². The molecule has 0 saturated carbocycles. The van der Waals surface area contributed by atoms with Gasteiger partial charge in [0.25, 0.3) is 0 Å². The molecule has 1 aromatic carbocycles. The third-order valence-corrected chi connectivity index (χ3v) is 2.79. The predicted octanol–water partition coefficient (Wildman–Crippen LogP) is 3.84. The van der Waals surface area contributed by atoms with Gasteiger partial charge in [-0.15, -0.1) is 0 Å². The second kappa shape index (κ2) is 5.82. The van der Waals surface area contributed by atoms with Crippen molar-refractivity contribution in [2.75, 3.05) is 6.61 Å². The van der Waals surface area contributed by atoms with E-state index in [1.165, 1.54) is 12.1 Å². The summed E-state index contributed by atoms with van der Waals surface area (Å²) < 4.78 is 17.9. The lowest BCUT2D eigenvalue weighted by molar-refractivity contribution is -0.138. The Labute approximate surface area is 105 Å². The van der Waals surface area contributed by atoms with E-state index in [4.69, 9.17) is 16.3 Å². The predicted molar refractivity (Wildman–Crippen MR) is 66.3 cm³/mol. The number of allylic oxidation sites excluding steroid dienone is 1. The molecule has 0 fully saturated rings. The first-order valence-corrected chi connectivity index (χ1v) is 5.65. The summed E-state index contributed by atoms with van der Waals surface area (Å²) in [5.74, 6) is -0.845. The number of ether oxygens (including phenoxy) is 1. The Bertz CT molecular complexity index is 466. The fourth-order valence-electron chi connectivity index (χ4n) is 1.34. The van der Waals surface area contributed by atoms with E-state index < -0.39 is 5.82 Å². The number of esters is 1. The van der Waals surface area contributed by atoms with Crippen LogP contribution in [0.3, 0.4) is 0 Å². The number of hydrogen-bond donors (Lipinski definition) is 0. The fraction of sp³-hybridized carbons (Fsp3) is 0.308. The highest BCUT2D eigenvalue weighted by molar-refractivity contribution is 6.30. The van der Waals surface area contributed by atoms with Crippen LogP contribution in [0.4, 0.5) is 4.39 Å². The van der Waals surface area contributed by atoms with E-state index in [0.29, 0.717) is 17.7 Å². The van der Waals surface area contributed by atoms with Gasteiger partial charge in [0.05, 0.1) is 11.6 Å². The lowest BCUT2D eigenvalue weighted by Crippen LogP contribution is -2.06. The van der Waals surface area contributed by atoms with E-state index >= 15 is 0 Å². The van der Waals surface area contributed by atoms with Gasteiger partial charge in [-0.2, -0.15) is 0 Å². The molecule has 0 aliphatic heterocycles. The Hall–Kier alpha value is -1.35. The maximum Gasteiger partial charge on any atom is 0.333 e. The lowest BCUT2D eigenvalue weighted by atomic mass is 10.0. The van der Waals surface area contributed by atoms with Crippen LogP contribution in [-0.2, 0) is 9.53 Å². The van der Waals surface area contributed by atoms with E-state index in [1.54, 1.807) is 26.8 Å². The molecule has 92 valence electrons. The number of hydrogen-bond acceptors (Lipinski definition) is 2. The Morgan fingerprint density at radius 1 is 1.41 bits per heavy atom. The summed E-state index contributed by atoms with van der Waals surface area (Å²) in [5.41, 5.74) is 1.93. The molecule has 0 aliphatic rings. The van der Waals surface area contributed by atoms with E-state index in [-0.39, 0.29) is 11.0 Å². The molecule has 0 aromatic heterocycles. The van der Waals surface area contributed by atoms with Crippen molar-refractivity contribution in [2.24, 2.45) is 0 Å². The fourth-order valence-corrected chi connectivity index (χ4v) is 1.52. The normalized spacial score (nSPS) is 12.1. The third kappa shape index (κ3) is 3.30. The molecular formula is C13H14ClFO2. The molecule has 0 spiro atoms. The summed E-state index contributed by atoms with van der Waals surface area (Å²) in [5, 5.41) is 0.0403. The first-order valence-electron chi connectivity index (χ1n) is 5.27. The molecule has 1 rings (SSSR count). The van der Waals surface area contributed by atoms with Gasteiger partial charge in [0, 0.05) is 5.57 Å². The van der Waals surface area contributed by atoms with E-state index in [9.17, 15) is 9.18 Å². The van der Waals surface area contributed by atoms with Crippen LogP contribution in [0.5, 0.6) is 0 Å². The van der Waals surface area contributed by atoms with Gasteiger partial charge in [0.2, 0.25) is 0 Å². The SMILES string of the molecule is CCOC(=O)/C(C)=C(/C)c1ccc(F)c(Cl)c1. The largest absolute Gasteiger partial charge is 0.463 e. The maximum atomic E-state index is 13.0. The zero-order chi connectivity index (χ0) is 13.0. The van der Waals surface area contributed by atoms with Crippen LogP contribution in [0.15, 0.2) is 23.8 Å². The average Bonchev–Trinajstić information content (AvgIpc) is 2.31. The Morgan fingerprint density at radius 2 is 2.06 bits per heavy atom. The number of rotatable bonds is 3. The molecule has 0 N–H and O–H groups in total. The highest BCUT2D eigenvalue weighted by Crippen LogP contribution is 2.24. The molecule has 4 heteroatoms. The molecule has 0 saturated heterocycles. The van der Waals surface area contributed by atoms with Crippen molar-refractivity contribution in [1.82, 2.24) is 0 Å². The van der Waals surface area contributed by atoms with Gasteiger partial charge in [-0.05, 0) is 44.0 Å². The topological polar surface area (TPSA) is 26.3 Å². The second-order valence-electron chi connectivity index (χ2n) is 3.60. The molecule has 2 nitrogen and oxygen atoms in total. The summed E-state index contributed by atoms with van der Waals surface area (Å²) in [4.78, 5) is 11.5. The van der Waals surface area contributed by atoms with Gasteiger partial charge >= 0.3 is 5.97 Å². The van der Waals surface area contributed by atoms with Crippen LogP contribution in [0.1, 0.15) is 26.3 Å². The molecule has 0 amide bonds. The molecule has 0 aliphatic carbocycles. The van der Waals surface area contributed by atoms with E-state index in [1.807, 2.05) is 0 Å². The lowest BCUT2D eigenvalue weighted by Gasteiger charge is -2.08.